The zero-order chi connectivity index (χ0) is 45.5. The number of rotatable bonds is 7. The summed E-state index contributed by atoms with van der Waals surface area (Å²) < 4.78 is 0. The van der Waals surface area contributed by atoms with E-state index in [9.17, 15) is 0 Å². The highest BCUT2D eigenvalue weighted by Crippen LogP contribution is 2.43. The molecule has 0 fully saturated rings. The van der Waals surface area contributed by atoms with Gasteiger partial charge in [-0.2, -0.15) is 0 Å². The maximum absolute atomic E-state index is 5.65. The van der Waals surface area contributed by atoms with E-state index in [1.165, 1.54) is 91.6 Å². The van der Waals surface area contributed by atoms with Crippen LogP contribution in [0.15, 0.2) is 255 Å². The van der Waals surface area contributed by atoms with E-state index in [1.54, 1.807) is 0 Å². The Labute approximate surface area is 405 Å². The first-order valence-electron chi connectivity index (χ1n) is 24.0. The molecule has 0 N–H and O–H groups in total. The van der Waals surface area contributed by atoms with Gasteiger partial charge in [0.25, 0.3) is 0 Å². The van der Waals surface area contributed by atoms with Gasteiger partial charge < -0.3 is 0 Å². The van der Waals surface area contributed by atoms with Crippen LogP contribution in [-0.2, 0) is 6.42 Å². The smallest absolute Gasteiger partial charge is 0.180 e. The van der Waals surface area contributed by atoms with E-state index >= 15 is 0 Å². The van der Waals surface area contributed by atoms with Crippen molar-refractivity contribution >= 4 is 57.6 Å². The monoisotopic (exact) mass is 908 g/mol. The second kappa shape index (κ2) is 15.6. The second-order valence-electron chi connectivity index (χ2n) is 18.7. The van der Waals surface area contributed by atoms with E-state index in [0.29, 0.717) is 0 Å². The van der Waals surface area contributed by atoms with Crippen molar-refractivity contribution in [2.24, 2.45) is 0 Å². The highest BCUT2D eigenvalue weighted by molar-refractivity contribution is 7.23. The fourth-order valence-corrected chi connectivity index (χ4v) is 22.8. The molecule has 4 heteroatoms. The van der Waals surface area contributed by atoms with E-state index in [4.69, 9.17) is 9.97 Å². The topological polar surface area (TPSA) is 25.8 Å². The van der Waals surface area contributed by atoms with Crippen LogP contribution in [-0.4, -0.2) is 26.1 Å². The van der Waals surface area contributed by atoms with Gasteiger partial charge in [-0.05, 0) is 86.5 Å². The minimum Gasteiger partial charge on any atom is -0.228 e. The molecule has 0 spiro atoms. The summed E-state index contributed by atoms with van der Waals surface area (Å²) >= 11 is 0. The van der Waals surface area contributed by atoms with Crippen LogP contribution < -0.4 is 41.5 Å². The molecule has 0 unspecified atom stereocenters. The largest absolute Gasteiger partial charge is 0.228 e. The number of benzene rings is 10. The van der Waals surface area contributed by atoms with Crippen LogP contribution >= 0.6 is 0 Å². The number of hydrogen-bond donors (Lipinski definition) is 0. The van der Waals surface area contributed by atoms with E-state index < -0.39 is 16.1 Å². The molecule has 69 heavy (non-hydrogen) atoms. The number of nitrogens with zero attached hydrogens (tertiary/aromatic N) is 2. The van der Waals surface area contributed by atoms with Gasteiger partial charge in [0, 0.05) is 28.7 Å². The van der Waals surface area contributed by atoms with Crippen molar-refractivity contribution in [3.8, 4) is 67.3 Å². The van der Waals surface area contributed by atoms with Gasteiger partial charge in [-0.3, -0.25) is 0 Å². The van der Waals surface area contributed by atoms with Crippen LogP contribution in [0.4, 0.5) is 0 Å². The summed E-state index contributed by atoms with van der Waals surface area (Å²) in [6.07, 6.45) is 0.782. The van der Waals surface area contributed by atoms with E-state index in [-0.39, 0.29) is 0 Å². The second-order valence-corrected chi connectivity index (χ2v) is 26.2. The number of hydrogen-bond acceptors (Lipinski definition) is 2. The molecule has 322 valence electrons. The van der Waals surface area contributed by atoms with Gasteiger partial charge in [0.05, 0.1) is 11.4 Å². The first-order valence-corrected chi connectivity index (χ1v) is 28.0. The Hall–Kier alpha value is -8.29. The molecule has 0 atom stereocenters. The summed E-state index contributed by atoms with van der Waals surface area (Å²) in [7, 11) is -5.38. The summed E-state index contributed by atoms with van der Waals surface area (Å²) in [6.45, 7) is 0. The quantitative estimate of drug-likeness (QED) is 0.149. The van der Waals surface area contributed by atoms with Crippen LogP contribution in [0.1, 0.15) is 11.1 Å². The Morgan fingerprint density at radius 1 is 0.275 bits per heavy atom. The van der Waals surface area contributed by atoms with Crippen LogP contribution in [0.5, 0.6) is 0 Å². The van der Waals surface area contributed by atoms with Gasteiger partial charge in [0.15, 0.2) is 22.0 Å². The molecule has 0 amide bonds. The first kappa shape index (κ1) is 39.8. The Bertz CT molecular complexity index is 3720. The highest BCUT2D eigenvalue weighted by Gasteiger charge is 2.50. The van der Waals surface area contributed by atoms with E-state index in [1.807, 2.05) is 0 Å². The normalized spacial score (nSPS) is 14.0. The third-order valence-corrected chi connectivity index (χ3v) is 25.0. The molecule has 2 aliphatic heterocycles. The average Bonchev–Trinajstić information content (AvgIpc) is 4.06. The lowest BCUT2D eigenvalue weighted by Crippen LogP contribution is -2.72. The average molecular weight is 909 g/mol. The van der Waals surface area contributed by atoms with Crippen LogP contribution in [0.3, 0.4) is 0 Å². The predicted octanol–water partition coefficient (Wildman–Crippen LogP) is 9.76. The third kappa shape index (κ3) is 5.83. The molecule has 3 heterocycles. The van der Waals surface area contributed by atoms with Crippen LogP contribution in [0, 0.1) is 0 Å². The summed E-state index contributed by atoms with van der Waals surface area (Å²) in [5, 5.41) is 11.3. The third-order valence-electron chi connectivity index (χ3n) is 15.3. The van der Waals surface area contributed by atoms with Crippen LogP contribution in [0.25, 0.3) is 67.3 Å². The SMILES string of the molecule is c1ccc(-c2nc(-c3ccc4c(c3)[Si](c3ccccc3)(c3ccccc3)c3ccccc3-4)nc3c2Cc2ccc(-c4ccc5c(c4)[Si](c4ccccc4)(c4ccccc4)c4ccccc4-5)cc2-3)cc1. The van der Waals surface area contributed by atoms with Crippen molar-refractivity contribution in [1.82, 2.24) is 9.97 Å². The predicted molar refractivity (Wildman–Crippen MR) is 292 cm³/mol. The zero-order valence-corrected chi connectivity index (χ0v) is 39.9. The van der Waals surface area contributed by atoms with Gasteiger partial charge in [-0.15, -0.1) is 0 Å². The Balaban J connectivity index is 0.954. The summed E-state index contributed by atoms with van der Waals surface area (Å²) in [5.41, 5.74) is 15.6. The lowest BCUT2D eigenvalue weighted by atomic mass is 9.97. The van der Waals surface area contributed by atoms with E-state index in [0.717, 1.165) is 34.8 Å². The lowest BCUT2D eigenvalue weighted by molar-refractivity contribution is 1.13. The summed E-state index contributed by atoms with van der Waals surface area (Å²) in [6, 6.07) is 95.3. The van der Waals surface area contributed by atoms with E-state index in [2.05, 4.69) is 255 Å². The van der Waals surface area contributed by atoms with Crippen molar-refractivity contribution in [3.63, 3.8) is 0 Å². The number of aromatic nitrogens is 2. The maximum atomic E-state index is 5.65. The van der Waals surface area contributed by atoms with Gasteiger partial charge in [-0.1, -0.05) is 249 Å². The fraction of sp³-hybridized carbons (Fsp3) is 0.0154. The molecule has 10 aromatic carbocycles. The molecule has 0 radical (unpaired) electrons. The molecular formula is C65H44N2Si2. The Morgan fingerprint density at radius 2 is 0.667 bits per heavy atom. The van der Waals surface area contributed by atoms with Gasteiger partial charge in [0.2, 0.25) is 0 Å². The molecule has 11 aromatic rings. The maximum Gasteiger partial charge on any atom is 0.180 e. The van der Waals surface area contributed by atoms with Crippen molar-refractivity contribution in [2.75, 3.05) is 0 Å². The van der Waals surface area contributed by atoms with Gasteiger partial charge in [0.1, 0.15) is 0 Å². The van der Waals surface area contributed by atoms with Crippen molar-refractivity contribution in [2.45, 2.75) is 6.42 Å². The molecule has 0 saturated heterocycles. The summed E-state index contributed by atoms with van der Waals surface area (Å²) in [5.74, 6) is 0.755. The molecule has 1 aliphatic carbocycles. The zero-order valence-electron chi connectivity index (χ0n) is 37.9. The van der Waals surface area contributed by atoms with Crippen molar-refractivity contribution < 1.29 is 0 Å². The molecule has 0 bridgehead atoms. The van der Waals surface area contributed by atoms with Gasteiger partial charge in [-0.25, -0.2) is 9.97 Å². The molecule has 2 nitrogen and oxygen atoms in total. The molecule has 3 aliphatic rings. The fourth-order valence-electron chi connectivity index (χ4n) is 12.4. The minimum absolute atomic E-state index is 0.755. The molecule has 1 aromatic heterocycles. The van der Waals surface area contributed by atoms with Crippen LogP contribution in [0.2, 0.25) is 0 Å². The molecule has 14 rings (SSSR count). The summed E-state index contributed by atoms with van der Waals surface area (Å²) in [4.78, 5) is 11.2. The Morgan fingerprint density at radius 3 is 1.19 bits per heavy atom. The Kier molecular flexibility index (Phi) is 9.03. The highest BCUT2D eigenvalue weighted by atomic mass is 28.3. The van der Waals surface area contributed by atoms with Gasteiger partial charge >= 0.3 is 0 Å². The minimum atomic E-state index is -2.73. The standard InChI is InChI=1S/C65H44N2Si2/c1-6-20-44(21-7-1)63-58-41-47-35-34-45(46-36-38-55-53-30-16-18-32-59(53)68(61(55)42-46,49-22-8-2-9-23-49)50-24-10-3-11-25-50)40-57(47)64(58)67-65(66-63)48-37-39-56-54-31-17-19-33-60(54)69(62(56)43-48,51-26-12-4-13-27-51)52-28-14-5-15-29-52/h1-40,42-43H,41H2. The lowest BCUT2D eigenvalue weighted by Gasteiger charge is -2.31. The molecule has 0 saturated carbocycles. The first-order chi connectivity index (χ1) is 34.2. The number of fused-ring (bicyclic) bond motifs is 9. The van der Waals surface area contributed by atoms with Crippen molar-refractivity contribution in [1.29, 1.82) is 0 Å². The molecular weight excluding hydrogens is 865 g/mol. The van der Waals surface area contributed by atoms with Crippen molar-refractivity contribution in [3.05, 3.63) is 266 Å².